The number of rotatable bonds is 2. The first kappa shape index (κ1) is 11.6. The summed E-state index contributed by atoms with van der Waals surface area (Å²) in [6.45, 7) is 0.923. The number of methoxy groups -OCH3 is 1. The molecular weight excluding hydrogens is 207 g/mol. The van der Waals surface area contributed by atoms with E-state index < -0.39 is 11.9 Å². The number of benzene rings is 1. The van der Waals surface area contributed by atoms with Crippen LogP contribution in [0.15, 0.2) is 29.3 Å². The van der Waals surface area contributed by atoms with Gasteiger partial charge in [-0.05, 0) is 19.1 Å². The third kappa shape index (κ3) is 2.97. The lowest BCUT2D eigenvalue weighted by atomic mass is 10.3. The van der Waals surface area contributed by atoms with Gasteiger partial charge in [-0.25, -0.2) is 4.99 Å². The molecule has 2 nitrogen and oxygen atoms in total. The minimum absolute atomic E-state index is 0.176. The lowest BCUT2D eigenvalue weighted by molar-refractivity contribution is -0.0591. The van der Waals surface area contributed by atoms with Crippen LogP contribution in [-0.2, 0) is 0 Å². The topological polar surface area (TPSA) is 21.6 Å². The fourth-order valence-electron chi connectivity index (χ4n) is 0.966. The van der Waals surface area contributed by atoms with Crippen molar-refractivity contribution in [1.29, 1.82) is 0 Å². The monoisotopic (exact) mass is 217 g/mol. The Morgan fingerprint density at radius 3 is 2.40 bits per heavy atom. The van der Waals surface area contributed by atoms with Crippen LogP contribution in [0, 0.1) is 0 Å². The highest BCUT2D eigenvalue weighted by Crippen LogP contribution is 2.29. The van der Waals surface area contributed by atoms with Crippen molar-refractivity contribution in [2.24, 2.45) is 4.99 Å². The summed E-state index contributed by atoms with van der Waals surface area (Å²) >= 11 is 0. The van der Waals surface area contributed by atoms with E-state index in [1.807, 2.05) is 0 Å². The van der Waals surface area contributed by atoms with E-state index in [9.17, 15) is 13.2 Å². The van der Waals surface area contributed by atoms with E-state index >= 15 is 0 Å². The van der Waals surface area contributed by atoms with Crippen molar-refractivity contribution < 1.29 is 17.9 Å². The molecule has 0 saturated heterocycles. The normalized spacial score (nSPS) is 12.7. The zero-order valence-electron chi connectivity index (χ0n) is 8.30. The van der Waals surface area contributed by atoms with Gasteiger partial charge in [-0.3, -0.25) is 0 Å². The van der Waals surface area contributed by atoms with Crippen molar-refractivity contribution in [2.75, 3.05) is 7.11 Å². The Morgan fingerprint density at radius 2 is 1.87 bits per heavy atom. The standard InChI is InChI=1S/C10H10F3NO/c1-7(10(11,12)13)14-8-5-3-4-6-9(8)15-2/h3-6H,1-2H3. The van der Waals surface area contributed by atoms with Crippen LogP contribution in [0.2, 0.25) is 0 Å². The molecule has 82 valence electrons. The van der Waals surface area contributed by atoms with Gasteiger partial charge in [-0.2, -0.15) is 13.2 Å². The Morgan fingerprint density at radius 1 is 1.27 bits per heavy atom. The third-order valence-electron chi connectivity index (χ3n) is 1.78. The fourth-order valence-corrected chi connectivity index (χ4v) is 0.966. The SMILES string of the molecule is COc1ccccc1N=C(C)C(F)(F)F. The van der Waals surface area contributed by atoms with Crippen molar-refractivity contribution >= 4 is 11.4 Å². The molecule has 0 spiro atoms. The van der Waals surface area contributed by atoms with Crippen LogP contribution in [0.5, 0.6) is 5.75 Å². The lowest BCUT2D eigenvalue weighted by Gasteiger charge is -2.07. The van der Waals surface area contributed by atoms with E-state index in [2.05, 4.69) is 4.99 Å². The van der Waals surface area contributed by atoms with Gasteiger partial charge in [0, 0.05) is 0 Å². The largest absolute Gasteiger partial charge is 0.494 e. The number of nitrogens with zero attached hydrogens (tertiary/aromatic N) is 1. The van der Waals surface area contributed by atoms with Gasteiger partial charge in [0.1, 0.15) is 17.1 Å². The molecular formula is C10H10F3NO. The third-order valence-corrected chi connectivity index (χ3v) is 1.78. The quantitative estimate of drug-likeness (QED) is 0.696. The first-order valence-corrected chi connectivity index (χ1v) is 4.20. The molecule has 0 heterocycles. The van der Waals surface area contributed by atoms with Crippen LogP contribution >= 0.6 is 0 Å². The summed E-state index contributed by atoms with van der Waals surface area (Å²) in [6.07, 6.45) is -4.40. The number of aliphatic imine (C=N–C) groups is 1. The van der Waals surface area contributed by atoms with E-state index in [1.165, 1.54) is 13.2 Å². The van der Waals surface area contributed by atoms with Gasteiger partial charge >= 0.3 is 6.18 Å². The predicted octanol–water partition coefficient (Wildman–Crippen LogP) is 3.35. The summed E-state index contributed by atoms with van der Waals surface area (Å²) < 4.78 is 41.5. The highest BCUT2D eigenvalue weighted by molar-refractivity contribution is 5.90. The van der Waals surface area contributed by atoms with Crippen molar-refractivity contribution in [3.05, 3.63) is 24.3 Å². The molecule has 0 atom stereocenters. The summed E-state index contributed by atoms with van der Waals surface area (Å²) in [4.78, 5) is 3.47. The molecule has 0 N–H and O–H groups in total. The summed E-state index contributed by atoms with van der Waals surface area (Å²) in [5, 5.41) is 0. The maximum atomic E-state index is 12.2. The van der Waals surface area contributed by atoms with Crippen molar-refractivity contribution in [2.45, 2.75) is 13.1 Å². The van der Waals surface area contributed by atoms with E-state index in [0.29, 0.717) is 5.75 Å². The van der Waals surface area contributed by atoms with Gasteiger partial charge in [-0.1, -0.05) is 12.1 Å². The van der Waals surface area contributed by atoms with E-state index in [1.54, 1.807) is 18.2 Å². The molecule has 0 saturated carbocycles. The zero-order chi connectivity index (χ0) is 11.5. The maximum Gasteiger partial charge on any atom is 0.429 e. The minimum atomic E-state index is -4.40. The molecule has 0 radical (unpaired) electrons. The van der Waals surface area contributed by atoms with Gasteiger partial charge in [0.2, 0.25) is 0 Å². The molecule has 1 aromatic carbocycles. The molecule has 15 heavy (non-hydrogen) atoms. The van der Waals surface area contributed by atoms with Gasteiger partial charge in [0.05, 0.1) is 7.11 Å². The van der Waals surface area contributed by atoms with Gasteiger partial charge in [0.25, 0.3) is 0 Å². The summed E-state index contributed by atoms with van der Waals surface area (Å²) in [5.74, 6) is 0.320. The first-order valence-electron chi connectivity index (χ1n) is 4.20. The van der Waals surface area contributed by atoms with Gasteiger partial charge < -0.3 is 4.74 Å². The fraction of sp³-hybridized carbons (Fsp3) is 0.300. The Labute approximate surface area is 85.4 Å². The molecule has 1 aromatic rings. The molecule has 0 aliphatic rings. The number of para-hydroxylation sites is 2. The molecule has 0 unspecified atom stereocenters. The summed E-state index contributed by atoms with van der Waals surface area (Å²) in [7, 11) is 1.39. The van der Waals surface area contributed by atoms with Gasteiger partial charge in [0.15, 0.2) is 0 Å². The van der Waals surface area contributed by atoms with Crippen molar-refractivity contribution in [1.82, 2.24) is 0 Å². The van der Waals surface area contributed by atoms with E-state index in [-0.39, 0.29) is 5.69 Å². The number of hydrogen-bond acceptors (Lipinski definition) is 2. The van der Waals surface area contributed by atoms with Crippen LogP contribution in [0.4, 0.5) is 18.9 Å². The van der Waals surface area contributed by atoms with Crippen LogP contribution in [-0.4, -0.2) is 19.0 Å². The molecule has 0 aliphatic carbocycles. The highest BCUT2D eigenvalue weighted by atomic mass is 19.4. The van der Waals surface area contributed by atoms with Gasteiger partial charge in [-0.15, -0.1) is 0 Å². The summed E-state index contributed by atoms with van der Waals surface area (Å²) in [5.41, 5.74) is -0.721. The van der Waals surface area contributed by atoms with Crippen LogP contribution in [0.1, 0.15) is 6.92 Å². The van der Waals surface area contributed by atoms with Crippen LogP contribution in [0.25, 0.3) is 0 Å². The first-order chi connectivity index (χ1) is 6.95. The molecule has 0 aromatic heterocycles. The molecule has 0 fully saturated rings. The average molecular weight is 217 g/mol. The molecule has 0 aliphatic heterocycles. The molecule has 0 bridgehead atoms. The number of ether oxygens (including phenoxy) is 1. The number of halogens is 3. The lowest BCUT2D eigenvalue weighted by Crippen LogP contribution is -2.18. The number of hydrogen-bond donors (Lipinski definition) is 0. The predicted molar refractivity (Wildman–Crippen MR) is 51.8 cm³/mol. The molecule has 1 rings (SSSR count). The second-order valence-corrected chi connectivity index (χ2v) is 2.87. The van der Waals surface area contributed by atoms with E-state index in [0.717, 1.165) is 6.92 Å². The second kappa shape index (κ2) is 4.33. The van der Waals surface area contributed by atoms with Crippen molar-refractivity contribution in [3.63, 3.8) is 0 Å². The smallest absolute Gasteiger partial charge is 0.429 e. The summed E-state index contributed by atoms with van der Waals surface area (Å²) in [6, 6.07) is 6.29. The van der Waals surface area contributed by atoms with Crippen molar-refractivity contribution in [3.8, 4) is 5.75 Å². The Kier molecular flexibility index (Phi) is 3.34. The molecule has 5 heteroatoms. The Hall–Kier alpha value is -1.52. The number of alkyl halides is 3. The Bertz CT molecular complexity index is 371. The van der Waals surface area contributed by atoms with E-state index in [4.69, 9.17) is 4.74 Å². The second-order valence-electron chi connectivity index (χ2n) is 2.87. The average Bonchev–Trinajstić information content (AvgIpc) is 2.17. The van der Waals surface area contributed by atoms with Crippen LogP contribution in [0.3, 0.4) is 0 Å². The molecule has 0 amide bonds. The Balaban J connectivity index is 3.08. The minimum Gasteiger partial charge on any atom is -0.494 e. The highest BCUT2D eigenvalue weighted by Gasteiger charge is 2.32. The maximum absolute atomic E-state index is 12.2. The zero-order valence-corrected chi connectivity index (χ0v) is 8.30. The van der Waals surface area contributed by atoms with Crippen LogP contribution < -0.4 is 4.74 Å².